The Bertz CT molecular complexity index is 2060. The molecule has 13 nitrogen and oxygen atoms in total. The monoisotopic (exact) mass is 740 g/mol. The van der Waals surface area contributed by atoms with Gasteiger partial charge in [-0.05, 0) is 78.2 Å². The van der Waals surface area contributed by atoms with Gasteiger partial charge in [0.25, 0.3) is 0 Å². The number of amides is 3. The molecule has 1 aromatic carbocycles. The van der Waals surface area contributed by atoms with Gasteiger partial charge < -0.3 is 20.3 Å². The molecule has 50 heavy (non-hydrogen) atoms. The number of hydrogen-bond donors (Lipinski definition) is 2. The number of halogens is 1. The molecule has 7 rings (SSSR count). The molecule has 4 aromatic rings. The second-order valence-electron chi connectivity index (χ2n) is 13.3. The van der Waals surface area contributed by atoms with Gasteiger partial charge in [0.1, 0.15) is 40.3 Å². The molecule has 2 fully saturated rings. The van der Waals surface area contributed by atoms with Crippen LogP contribution in [0.2, 0.25) is 0 Å². The number of ether oxygens (including phenoxy) is 1. The van der Waals surface area contributed by atoms with Gasteiger partial charge in [0.15, 0.2) is 5.78 Å². The first-order chi connectivity index (χ1) is 24.0. The number of nitrogens with zero attached hydrogens (tertiary/aromatic N) is 6. The third kappa shape index (κ3) is 6.51. The van der Waals surface area contributed by atoms with Crippen LogP contribution in [0, 0.1) is 12.3 Å². The molecule has 2 aliphatic heterocycles. The Hall–Kier alpha value is -4.98. The molecule has 3 aromatic heterocycles. The minimum atomic E-state index is -0.812. The molecule has 0 spiro atoms. The predicted octanol–water partition coefficient (Wildman–Crippen LogP) is 4.57. The van der Waals surface area contributed by atoms with Gasteiger partial charge in [-0.25, -0.2) is 15.0 Å². The average molecular weight is 742 g/mol. The number of piperidine rings is 1. The van der Waals surface area contributed by atoms with Crippen LogP contribution in [0.3, 0.4) is 0 Å². The average Bonchev–Trinajstić information content (AvgIpc) is 3.49. The van der Waals surface area contributed by atoms with Crippen LogP contribution in [0.4, 0.5) is 5.82 Å². The molecule has 258 valence electrons. The molecule has 3 amide bonds. The lowest BCUT2D eigenvalue weighted by Crippen LogP contribution is -2.46. The highest BCUT2D eigenvalue weighted by Gasteiger charge is 2.67. The summed E-state index contributed by atoms with van der Waals surface area (Å²) < 4.78 is 7.42. The molecular formula is C36H37BrN8O5. The Morgan fingerprint density at radius 1 is 1.08 bits per heavy atom. The highest BCUT2D eigenvalue weighted by molar-refractivity contribution is 9.10. The van der Waals surface area contributed by atoms with Gasteiger partial charge in [0.05, 0.1) is 12.6 Å². The van der Waals surface area contributed by atoms with Crippen molar-refractivity contribution in [3.05, 3.63) is 70.5 Å². The van der Waals surface area contributed by atoms with E-state index in [-0.39, 0.29) is 47.6 Å². The summed E-state index contributed by atoms with van der Waals surface area (Å²) in [6, 6.07) is 6.16. The van der Waals surface area contributed by atoms with Crippen LogP contribution in [0.25, 0.3) is 22.0 Å². The van der Waals surface area contributed by atoms with Crippen LogP contribution in [-0.4, -0.2) is 78.9 Å². The number of nitrogens with one attached hydrogen (secondary N) is 2. The number of aromatic nitrogens is 5. The van der Waals surface area contributed by atoms with Crippen molar-refractivity contribution in [2.75, 3.05) is 19.0 Å². The van der Waals surface area contributed by atoms with Crippen molar-refractivity contribution in [2.45, 2.75) is 71.0 Å². The van der Waals surface area contributed by atoms with Crippen LogP contribution in [-0.2, 0) is 27.3 Å². The Balaban J connectivity index is 1.29. The van der Waals surface area contributed by atoms with E-state index in [1.54, 1.807) is 34.1 Å². The number of hydrogen-bond acceptors (Lipinski definition) is 9. The first kappa shape index (κ1) is 33.5. The van der Waals surface area contributed by atoms with E-state index in [2.05, 4.69) is 47.6 Å². The first-order valence-corrected chi connectivity index (χ1v) is 17.4. The van der Waals surface area contributed by atoms with Crippen LogP contribution in [0.5, 0.6) is 5.75 Å². The zero-order valence-electron chi connectivity index (χ0n) is 28.0. The van der Waals surface area contributed by atoms with E-state index in [4.69, 9.17) is 9.84 Å². The van der Waals surface area contributed by atoms with Gasteiger partial charge in [-0.15, -0.1) is 0 Å². The van der Waals surface area contributed by atoms with E-state index in [0.717, 1.165) is 23.1 Å². The van der Waals surface area contributed by atoms with Crippen molar-refractivity contribution in [3.8, 4) is 16.9 Å². The number of ketones is 1. The summed E-state index contributed by atoms with van der Waals surface area (Å²) in [6.45, 7) is 3.47. The van der Waals surface area contributed by atoms with E-state index in [9.17, 15) is 19.2 Å². The number of rotatable bonds is 5. The normalized spacial score (nSPS) is 22.8. The molecule has 3 aliphatic rings. The minimum absolute atomic E-state index is 0.0504. The Morgan fingerprint density at radius 3 is 2.64 bits per heavy atom. The number of Topliss-reactive ketones (excluding diaryl/α,β-unsaturated/α-hetero) is 1. The molecule has 0 unspecified atom stereocenters. The molecule has 14 heteroatoms. The fourth-order valence-corrected chi connectivity index (χ4v) is 7.67. The van der Waals surface area contributed by atoms with Gasteiger partial charge in [-0.1, -0.05) is 12.2 Å². The van der Waals surface area contributed by atoms with Gasteiger partial charge in [0.2, 0.25) is 17.7 Å². The maximum atomic E-state index is 14.4. The largest absolute Gasteiger partial charge is 0.497 e. The molecule has 1 saturated carbocycles. The Labute approximate surface area is 297 Å². The number of aryl methyl sites for hydroxylation is 1. The lowest BCUT2D eigenvalue weighted by atomic mass is 9.98. The fraction of sp³-hybridized carbons (Fsp3) is 0.389. The smallest absolute Gasteiger partial charge is 0.248 e. The summed E-state index contributed by atoms with van der Waals surface area (Å²) in [7, 11) is 1.52. The lowest BCUT2D eigenvalue weighted by molar-refractivity contribution is -0.138. The zero-order valence-corrected chi connectivity index (χ0v) is 29.6. The van der Waals surface area contributed by atoms with Crippen LogP contribution >= 0.6 is 15.9 Å². The second-order valence-corrected chi connectivity index (χ2v) is 14.1. The number of benzene rings is 1. The van der Waals surface area contributed by atoms with Gasteiger partial charge in [-0.2, -0.15) is 5.10 Å². The maximum absolute atomic E-state index is 14.4. The summed E-state index contributed by atoms with van der Waals surface area (Å²) in [6.07, 6.45) is 10.9. The van der Waals surface area contributed by atoms with E-state index in [1.807, 2.05) is 25.1 Å². The minimum Gasteiger partial charge on any atom is -0.497 e. The van der Waals surface area contributed by atoms with Crippen LogP contribution in [0.15, 0.2) is 53.4 Å². The molecule has 2 bridgehead atoms. The van der Waals surface area contributed by atoms with Gasteiger partial charge in [0, 0.05) is 66.8 Å². The van der Waals surface area contributed by atoms with Crippen molar-refractivity contribution in [2.24, 2.45) is 5.41 Å². The number of anilines is 1. The Morgan fingerprint density at radius 2 is 1.88 bits per heavy atom. The number of carbonyl (C=O) groups is 4. The molecule has 0 radical (unpaired) electrons. The Kier molecular flexibility index (Phi) is 8.97. The quantitative estimate of drug-likeness (QED) is 0.170. The molecule has 1 aliphatic carbocycles. The highest BCUT2D eigenvalue weighted by Crippen LogP contribution is 2.59. The number of carbonyl (C=O) groups excluding carboxylic acids is 4. The summed E-state index contributed by atoms with van der Waals surface area (Å²) in [5, 5.41) is 11.3. The summed E-state index contributed by atoms with van der Waals surface area (Å²) in [5.74, 6) is 0.466. The molecule has 3 atom stereocenters. The van der Waals surface area contributed by atoms with Crippen molar-refractivity contribution in [1.82, 2.24) is 34.9 Å². The van der Waals surface area contributed by atoms with E-state index in [0.29, 0.717) is 65.7 Å². The van der Waals surface area contributed by atoms with Crippen molar-refractivity contribution >= 4 is 56.2 Å². The number of pyridine rings is 1. The number of allylic oxidation sites excluding steroid dienone is 2. The van der Waals surface area contributed by atoms with E-state index < -0.39 is 11.5 Å². The summed E-state index contributed by atoms with van der Waals surface area (Å²) in [5.41, 5.74) is 3.01. The van der Waals surface area contributed by atoms with Gasteiger partial charge >= 0.3 is 0 Å². The second kappa shape index (κ2) is 13.4. The van der Waals surface area contributed by atoms with Crippen molar-refractivity contribution < 1.29 is 23.9 Å². The number of methoxy groups -OCH3 is 1. The SMILES string of the molecule is COc1cc(Br)nc(NC(=O)[C@@H]2C[C@]34CNC(=O)CCC/C=C\Cc5cc(-c6cnc(C)nc6)cc6c(C(C)=O)nn(c56)CC(=O)N2[C@@H]3C4)c1. The first-order valence-electron chi connectivity index (χ1n) is 16.6. The summed E-state index contributed by atoms with van der Waals surface area (Å²) in [4.78, 5) is 68.9. The topological polar surface area (TPSA) is 161 Å². The third-order valence-corrected chi connectivity index (χ3v) is 10.2. The predicted molar refractivity (Wildman–Crippen MR) is 188 cm³/mol. The molecular weight excluding hydrogens is 704 g/mol. The van der Waals surface area contributed by atoms with Crippen LogP contribution in [0.1, 0.15) is 60.9 Å². The van der Waals surface area contributed by atoms with Gasteiger partial charge in [-0.3, -0.25) is 23.9 Å². The van der Waals surface area contributed by atoms with E-state index >= 15 is 0 Å². The molecule has 1 saturated heterocycles. The lowest BCUT2D eigenvalue weighted by Gasteiger charge is -2.27. The maximum Gasteiger partial charge on any atom is 0.248 e. The van der Waals surface area contributed by atoms with Crippen molar-refractivity contribution in [3.63, 3.8) is 0 Å². The molecule has 5 heterocycles. The summed E-state index contributed by atoms with van der Waals surface area (Å²) >= 11 is 3.35. The third-order valence-electron chi connectivity index (χ3n) is 9.84. The van der Waals surface area contributed by atoms with E-state index in [1.165, 1.54) is 14.0 Å². The molecule has 2 N–H and O–H groups in total. The highest BCUT2D eigenvalue weighted by atomic mass is 79.9. The zero-order chi connectivity index (χ0) is 35.2. The van der Waals surface area contributed by atoms with Crippen molar-refractivity contribution in [1.29, 1.82) is 0 Å². The van der Waals surface area contributed by atoms with Crippen LogP contribution < -0.4 is 15.4 Å². The standard InChI is InChI=1S/C36H37BrN8O5/c1-20(46)33-26-11-23(24-16-38-21(2)39-17-24)10-22-8-6-4-5-7-9-31(47)40-19-36-14-27(35(49)42-30-13-25(50-3)12-29(37)41-30)45(28(36)15-36)32(48)18-44(43-33)34(22)26/h4,6,10-13,16-17,27-28H,5,7-9,14-15,18-19H2,1-3H3,(H,40,47)(H,41,42,49)/b6-4-/t27-,28+,36-/m0/s1. The fourth-order valence-electron chi connectivity index (χ4n) is 7.26.